The third kappa shape index (κ3) is 5.37. The minimum Gasteiger partial charge on any atom is -0.328 e. The van der Waals surface area contributed by atoms with Gasteiger partial charge in [0.1, 0.15) is 11.5 Å². The molecule has 4 aromatic heterocycles. The number of nitrogens with zero attached hydrogens (tertiary/aromatic N) is 5. The highest BCUT2D eigenvalue weighted by atomic mass is 19.4. The van der Waals surface area contributed by atoms with Gasteiger partial charge in [0.25, 0.3) is 5.56 Å². The van der Waals surface area contributed by atoms with Gasteiger partial charge in [0.15, 0.2) is 5.82 Å². The Labute approximate surface area is 249 Å². The molecule has 2 atom stereocenters. The molecule has 1 aliphatic heterocycles. The summed E-state index contributed by atoms with van der Waals surface area (Å²) < 4.78 is 42.5. The standard InChI is InChI=1S/C33H26F3N7O/c34-33(35,36)26-19-43(18-25(26)30-40-31(42-41-30)28-8-4-5-14-37-28)17-20-9-11-22(12-10-20)29-23(21-6-2-1-3-7-21)16-24-27(39-29)13-15-38-32(24)44/h1-16,25-26H,17-19H2,(H,38,44)(H,40,41,42). The number of H-pyrrole nitrogens is 2. The van der Waals surface area contributed by atoms with Crippen molar-refractivity contribution in [2.24, 2.45) is 5.92 Å². The number of aromatic nitrogens is 6. The van der Waals surface area contributed by atoms with Crippen LogP contribution in [0.5, 0.6) is 0 Å². The zero-order valence-electron chi connectivity index (χ0n) is 23.3. The topological polar surface area (TPSA) is 103 Å². The highest BCUT2D eigenvalue weighted by Gasteiger charge is 2.51. The third-order valence-electron chi connectivity index (χ3n) is 8.05. The molecule has 7 rings (SSSR count). The SMILES string of the molecule is O=c1[nH]ccc2nc(-c3ccc(CN4CC(c5nnc(-c6ccccn6)[nH]5)C(C(F)(F)F)C4)cc3)c(-c3ccccc3)cc12. The van der Waals surface area contributed by atoms with Gasteiger partial charge in [0.2, 0.25) is 0 Å². The maximum absolute atomic E-state index is 14.2. The number of hydrogen-bond donors (Lipinski definition) is 2. The molecule has 220 valence electrons. The first-order valence-corrected chi connectivity index (χ1v) is 14.1. The number of fused-ring (bicyclic) bond motifs is 1. The van der Waals surface area contributed by atoms with Crippen molar-refractivity contribution >= 4 is 10.9 Å². The van der Waals surface area contributed by atoms with E-state index < -0.39 is 18.0 Å². The van der Waals surface area contributed by atoms with Gasteiger partial charge in [-0.3, -0.25) is 14.7 Å². The third-order valence-corrected chi connectivity index (χ3v) is 8.05. The second kappa shape index (κ2) is 11.2. The minimum absolute atomic E-state index is 0.144. The molecule has 6 aromatic rings. The number of likely N-dealkylation sites (tertiary alicyclic amines) is 1. The number of nitrogens with one attached hydrogen (secondary N) is 2. The molecule has 0 amide bonds. The molecule has 2 N–H and O–H groups in total. The number of halogens is 3. The van der Waals surface area contributed by atoms with E-state index >= 15 is 0 Å². The van der Waals surface area contributed by atoms with Crippen molar-refractivity contribution in [3.8, 4) is 33.9 Å². The van der Waals surface area contributed by atoms with E-state index in [0.717, 1.165) is 22.3 Å². The van der Waals surface area contributed by atoms with E-state index in [0.29, 0.717) is 34.7 Å². The Balaban J connectivity index is 1.15. The van der Waals surface area contributed by atoms with Crippen LogP contribution in [0.3, 0.4) is 0 Å². The van der Waals surface area contributed by atoms with Crippen LogP contribution < -0.4 is 5.56 Å². The summed E-state index contributed by atoms with van der Waals surface area (Å²) >= 11 is 0. The van der Waals surface area contributed by atoms with E-state index in [1.807, 2.05) is 60.7 Å². The maximum atomic E-state index is 14.2. The van der Waals surface area contributed by atoms with E-state index in [9.17, 15) is 18.0 Å². The molecule has 0 bridgehead atoms. The maximum Gasteiger partial charge on any atom is 0.393 e. The number of hydrogen-bond acceptors (Lipinski definition) is 6. The molecule has 0 radical (unpaired) electrons. The van der Waals surface area contributed by atoms with Crippen LogP contribution in [0.15, 0.2) is 102 Å². The van der Waals surface area contributed by atoms with Gasteiger partial charge in [-0.05, 0) is 35.4 Å². The van der Waals surface area contributed by atoms with Crippen LogP contribution in [0.2, 0.25) is 0 Å². The number of alkyl halides is 3. The fourth-order valence-electron chi connectivity index (χ4n) is 5.88. The molecule has 1 saturated heterocycles. The Morgan fingerprint density at radius 3 is 2.43 bits per heavy atom. The van der Waals surface area contributed by atoms with Crippen LogP contribution in [0.1, 0.15) is 17.3 Å². The summed E-state index contributed by atoms with van der Waals surface area (Å²) in [6, 6.07) is 26.3. The number of pyridine rings is 3. The summed E-state index contributed by atoms with van der Waals surface area (Å²) in [6.07, 6.45) is -1.22. The summed E-state index contributed by atoms with van der Waals surface area (Å²) in [5, 5.41) is 8.65. The minimum atomic E-state index is -4.39. The first-order valence-electron chi connectivity index (χ1n) is 14.1. The summed E-state index contributed by atoms with van der Waals surface area (Å²) in [6.45, 7) is 0.382. The smallest absolute Gasteiger partial charge is 0.328 e. The molecule has 1 fully saturated rings. The van der Waals surface area contributed by atoms with Gasteiger partial charge in [-0.2, -0.15) is 13.2 Å². The zero-order valence-corrected chi connectivity index (χ0v) is 23.3. The number of aromatic amines is 2. The normalized spacial score (nSPS) is 17.3. The molecule has 0 saturated carbocycles. The van der Waals surface area contributed by atoms with Gasteiger partial charge in [-0.15, -0.1) is 10.2 Å². The van der Waals surface area contributed by atoms with Crippen LogP contribution in [-0.4, -0.2) is 54.3 Å². The lowest BCUT2D eigenvalue weighted by molar-refractivity contribution is -0.174. The highest BCUT2D eigenvalue weighted by Crippen LogP contribution is 2.42. The van der Waals surface area contributed by atoms with Gasteiger partial charge >= 0.3 is 6.18 Å². The van der Waals surface area contributed by atoms with Gasteiger partial charge in [-0.25, -0.2) is 4.98 Å². The summed E-state index contributed by atoms with van der Waals surface area (Å²) in [4.78, 5) is 29.0. The Morgan fingerprint density at radius 1 is 0.886 bits per heavy atom. The van der Waals surface area contributed by atoms with Crippen molar-refractivity contribution in [3.05, 3.63) is 119 Å². The molecule has 5 heterocycles. The summed E-state index contributed by atoms with van der Waals surface area (Å²) in [5.74, 6) is -1.90. The molecule has 1 aliphatic rings. The highest BCUT2D eigenvalue weighted by molar-refractivity contribution is 5.91. The second-order valence-electron chi connectivity index (χ2n) is 10.9. The van der Waals surface area contributed by atoms with Crippen molar-refractivity contribution in [1.29, 1.82) is 0 Å². The Hall–Kier alpha value is -5.16. The summed E-state index contributed by atoms with van der Waals surface area (Å²) in [7, 11) is 0. The van der Waals surface area contributed by atoms with Gasteiger partial charge in [0.05, 0.1) is 22.5 Å². The Bertz CT molecular complexity index is 1970. The average molecular weight is 594 g/mol. The lowest BCUT2D eigenvalue weighted by Gasteiger charge is -2.19. The van der Waals surface area contributed by atoms with Crippen LogP contribution in [0.25, 0.3) is 44.8 Å². The molecule has 0 spiro atoms. The van der Waals surface area contributed by atoms with E-state index in [1.165, 1.54) is 0 Å². The summed E-state index contributed by atoms with van der Waals surface area (Å²) in [5.41, 5.74) is 5.05. The van der Waals surface area contributed by atoms with Gasteiger partial charge in [-0.1, -0.05) is 60.7 Å². The average Bonchev–Trinajstić information content (AvgIpc) is 3.70. The first kappa shape index (κ1) is 27.7. The van der Waals surface area contributed by atoms with E-state index in [-0.39, 0.29) is 24.5 Å². The lowest BCUT2D eigenvalue weighted by Crippen LogP contribution is -2.29. The largest absolute Gasteiger partial charge is 0.393 e. The van der Waals surface area contributed by atoms with E-state index in [4.69, 9.17) is 4.98 Å². The predicted molar refractivity (Wildman–Crippen MR) is 160 cm³/mol. The second-order valence-corrected chi connectivity index (χ2v) is 10.9. The molecular weight excluding hydrogens is 567 g/mol. The van der Waals surface area contributed by atoms with Crippen molar-refractivity contribution < 1.29 is 13.2 Å². The van der Waals surface area contributed by atoms with Crippen molar-refractivity contribution in [2.45, 2.75) is 18.6 Å². The fraction of sp³-hybridized carbons (Fsp3) is 0.182. The van der Waals surface area contributed by atoms with Crippen molar-refractivity contribution in [3.63, 3.8) is 0 Å². The van der Waals surface area contributed by atoms with Crippen LogP contribution in [0.4, 0.5) is 13.2 Å². The molecule has 2 unspecified atom stereocenters. The van der Waals surface area contributed by atoms with Crippen molar-refractivity contribution in [2.75, 3.05) is 13.1 Å². The predicted octanol–water partition coefficient (Wildman–Crippen LogP) is 6.22. The molecule has 44 heavy (non-hydrogen) atoms. The lowest BCUT2D eigenvalue weighted by atomic mass is 9.95. The van der Waals surface area contributed by atoms with Gasteiger partial charge < -0.3 is 9.97 Å². The van der Waals surface area contributed by atoms with Gasteiger partial charge in [0, 0.05) is 49.1 Å². The Morgan fingerprint density at radius 2 is 1.68 bits per heavy atom. The quantitative estimate of drug-likeness (QED) is 0.238. The fourth-order valence-corrected chi connectivity index (χ4v) is 5.88. The van der Waals surface area contributed by atoms with Crippen LogP contribution >= 0.6 is 0 Å². The molecular formula is C33H26F3N7O. The number of rotatable bonds is 6. The van der Waals surface area contributed by atoms with Crippen LogP contribution in [0, 0.1) is 5.92 Å². The monoisotopic (exact) mass is 593 g/mol. The van der Waals surface area contributed by atoms with E-state index in [2.05, 4.69) is 25.1 Å². The van der Waals surface area contributed by atoms with E-state index in [1.54, 1.807) is 41.6 Å². The van der Waals surface area contributed by atoms with Crippen LogP contribution in [-0.2, 0) is 6.54 Å². The molecule has 0 aliphatic carbocycles. The zero-order chi connectivity index (χ0) is 30.3. The number of benzene rings is 2. The first-order chi connectivity index (χ1) is 21.3. The molecule has 11 heteroatoms. The molecule has 2 aromatic carbocycles. The Kier molecular flexibility index (Phi) is 7.01. The molecule has 8 nitrogen and oxygen atoms in total. The van der Waals surface area contributed by atoms with Crippen molar-refractivity contribution in [1.82, 2.24) is 35.0 Å².